The Kier molecular flexibility index (Phi) is 5.26. The van der Waals surface area contributed by atoms with Crippen LogP contribution in [-0.2, 0) is 6.42 Å². The normalized spacial score (nSPS) is 16.4. The summed E-state index contributed by atoms with van der Waals surface area (Å²) in [6.07, 6.45) is 13.9. The number of rotatable bonds is 4. The fourth-order valence-corrected chi connectivity index (χ4v) is 4.30. The average Bonchev–Trinajstić information content (AvgIpc) is 3.10. The number of benzene rings is 1. The lowest BCUT2D eigenvalue weighted by Crippen LogP contribution is -2.30. The van der Waals surface area contributed by atoms with Gasteiger partial charge < -0.3 is 14.1 Å². The lowest BCUT2D eigenvalue weighted by atomic mass is 10.1. The van der Waals surface area contributed by atoms with Crippen molar-refractivity contribution in [2.24, 2.45) is 0 Å². The first-order chi connectivity index (χ1) is 14.8. The monoisotopic (exact) mass is 401 g/mol. The predicted octanol–water partition coefficient (Wildman–Crippen LogP) is 5.79. The van der Waals surface area contributed by atoms with Crippen molar-refractivity contribution in [2.75, 3.05) is 24.6 Å². The third-order valence-corrected chi connectivity index (χ3v) is 5.76. The van der Waals surface area contributed by atoms with Gasteiger partial charge in [0.1, 0.15) is 17.0 Å². The molecule has 30 heavy (non-hydrogen) atoms. The van der Waals surface area contributed by atoms with Gasteiger partial charge in [-0.25, -0.2) is 9.97 Å². The average molecular weight is 402 g/mol. The van der Waals surface area contributed by atoms with E-state index < -0.39 is 0 Å². The first kappa shape index (κ1) is 18.9. The second kappa shape index (κ2) is 8.34. The molecular formula is C25H27N3O2. The highest BCUT2D eigenvalue weighted by Gasteiger charge is 2.25. The van der Waals surface area contributed by atoms with Crippen molar-refractivity contribution >= 4 is 23.0 Å². The third-order valence-electron chi connectivity index (χ3n) is 5.76. The molecule has 5 rings (SSSR count). The van der Waals surface area contributed by atoms with Crippen LogP contribution < -0.4 is 9.64 Å². The number of nitrogens with zero attached hydrogens (tertiary/aromatic N) is 3. The van der Waals surface area contributed by atoms with Gasteiger partial charge in [0.25, 0.3) is 0 Å². The Labute approximate surface area is 177 Å². The molecular weight excluding hydrogens is 374 g/mol. The second-order valence-corrected chi connectivity index (χ2v) is 7.79. The molecule has 1 aliphatic heterocycles. The van der Waals surface area contributed by atoms with Gasteiger partial charge in [-0.2, -0.15) is 0 Å². The molecule has 154 valence electrons. The van der Waals surface area contributed by atoms with Crippen molar-refractivity contribution in [3.8, 4) is 17.1 Å². The number of fused-ring (bicyclic) bond motifs is 3. The van der Waals surface area contributed by atoms with Gasteiger partial charge in [-0.1, -0.05) is 30.4 Å². The number of furan rings is 1. The number of hydrogen-bond donors (Lipinski definition) is 0. The summed E-state index contributed by atoms with van der Waals surface area (Å²) in [5, 5.41) is 0. The van der Waals surface area contributed by atoms with E-state index in [1.165, 1.54) is 19.3 Å². The number of allylic oxidation sites excluding steroid dienone is 3. The van der Waals surface area contributed by atoms with Gasteiger partial charge in [0.2, 0.25) is 0 Å². The molecule has 0 amide bonds. The number of ether oxygens (including phenoxy) is 1. The highest BCUT2D eigenvalue weighted by molar-refractivity contribution is 5.94. The first-order valence-electron chi connectivity index (χ1n) is 11.0. The quantitative estimate of drug-likeness (QED) is 0.553. The molecule has 1 saturated heterocycles. The second-order valence-electron chi connectivity index (χ2n) is 7.79. The van der Waals surface area contributed by atoms with Crippen LogP contribution in [0.4, 0.5) is 5.82 Å². The minimum absolute atomic E-state index is 0.606. The Bertz CT molecular complexity index is 1110. The summed E-state index contributed by atoms with van der Waals surface area (Å²) in [6.45, 7) is 4.61. The molecule has 5 heteroatoms. The van der Waals surface area contributed by atoms with E-state index in [0.717, 1.165) is 65.5 Å². The van der Waals surface area contributed by atoms with Gasteiger partial charge in [0, 0.05) is 25.1 Å². The smallest absolute Gasteiger partial charge is 0.195 e. The molecule has 0 N–H and O–H groups in total. The fraction of sp³-hybridized carbons (Fsp3) is 0.360. The number of hydrogen-bond acceptors (Lipinski definition) is 5. The number of para-hydroxylation sites is 1. The van der Waals surface area contributed by atoms with Crippen molar-refractivity contribution in [1.82, 2.24) is 9.97 Å². The van der Waals surface area contributed by atoms with Gasteiger partial charge in [0.05, 0.1) is 12.2 Å². The minimum Gasteiger partial charge on any atom is -0.493 e. The van der Waals surface area contributed by atoms with Crippen molar-refractivity contribution in [3.63, 3.8) is 0 Å². The summed E-state index contributed by atoms with van der Waals surface area (Å²) >= 11 is 0. The van der Waals surface area contributed by atoms with Gasteiger partial charge in [0.15, 0.2) is 17.2 Å². The molecule has 5 nitrogen and oxygen atoms in total. The maximum atomic E-state index is 6.40. The number of anilines is 1. The van der Waals surface area contributed by atoms with E-state index in [0.29, 0.717) is 12.4 Å². The van der Waals surface area contributed by atoms with Crippen LogP contribution in [0.15, 0.2) is 46.9 Å². The van der Waals surface area contributed by atoms with Crippen LogP contribution >= 0.6 is 0 Å². The van der Waals surface area contributed by atoms with Crippen molar-refractivity contribution in [1.29, 1.82) is 0 Å². The van der Waals surface area contributed by atoms with Crippen LogP contribution in [0.5, 0.6) is 5.75 Å². The maximum Gasteiger partial charge on any atom is 0.195 e. The molecule has 2 aromatic heterocycles. The molecule has 3 aromatic rings. The van der Waals surface area contributed by atoms with E-state index in [9.17, 15) is 0 Å². The summed E-state index contributed by atoms with van der Waals surface area (Å²) in [5.41, 5.74) is 3.70. The van der Waals surface area contributed by atoms with Gasteiger partial charge in [-0.15, -0.1) is 0 Å². The highest BCUT2D eigenvalue weighted by Crippen LogP contribution is 2.37. The Morgan fingerprint density at radius 1 is 1.07 bits per heavy atom. The Hall–Kier alpha value is -3.08. The van der Waals surface area contributed by atoms with E-state index >= 15 is 0 Å². The van der Waals surface area contributed by atoms with Gasteiger partial charge in [-0.3, -0.25) is 0 Å². The molecule has 0 atom stereocenters. The third kappa shape index (κ3) is 3.49. The van der Waals surface area contributed by atoms with E-state index in [-0.39, 0.29) is 0 Å². The number of piperidine rings is 1. The molecule has 1 aromatic carbocycles. The summed E-state index contributed by atoms with van der Waals surface area (Å²) in [6, 6.07) is 8.02. The van der Waals surface area contributed by atoms with Crippen LogP contribution in [0.1, 0.15) is 43.9 Å². The number of aryl methyl sites for hydroxylation is 1. The van der Waals surface area contributed by atoms with E-state index in [2.05, 4.69) is 29.2 Å². The van der Waals surface area contributed by atoms with Crippen molar-refractivity contribution in [2.45, 2.75) is 39.0 Å². The first-order valence-corrected chi connectivity index (χ1v) is 11.0. The van der Waals surface area contributed by atoms with Crippen LogP contribution in [0.2, 0.25) is 0 Å². The predicted molar refractivity (Wildman–Crippen MR) is 121 cm³/mol. The molecule has 0 saturated carbocycles. The van der Waals surface area contributed by atoms with Crippen molar-refractivity contribution in [3.05, 3.63) is 53.8 Å². The highest BCUT2D eigenvalue weighted by atomic mass is 16.5. The Balaban J connectivity index is 1.74. The van der Waals surface area contributed by atoms with E-state index in [1.54, 1.807) is 0 Å². The minimum atomic E-state index is 0.606. The molecule has 0 spiro atoms. The molecule has 0 unspecified atom stereocenters. The summed E-state index contributed by atoms with van der Waals surface area (Å²) in [7, 11) is 0. The van der Waals surface area contributed by atoms with Crippen LogP contribution in [0.3, 0.4) is 0 Å². The van der Waals surface area contributed by atoms with Crippen LogP contribution in [-0.4, -0.2) is 29.7 Å². The largest absolute Gasteiger partial charge is 0.493 e. The number of aromatic nitrogens is 2. The topological polar surface area (TPSA) is 51.4 Å². The SMILES string of the molecule is CCOc1ccccc1-c1nc(N2CCCCC2)c2oc3c(c2n1)C=CC=CCC3. The molecule has 1 fully saturated rings. The Morgan fingerprint density at radius 2 is 1.93 bits per heavy atom. The molecule has 2 aliphatic rings. The fourth-order valence-electron chi connectivity index (χ4n) is 4.30. The summed E-state index contributed by atoms with van der Waals surface area (Å²) < 4.78 is 12.3. The lowest BCUT2D eigenvalue weighted by molar-refractivity contribution is 0.341. The van der Waals surface area contributed by atoms with Gasteiger partial charge in [-0.05, 0) is 50.8 Å². The zero-order chi connectivity index (χ0) is 20.3. The molecule has 0 bridgehead atoms. The lowest BCUT2D eigenvalue weighted by Gasteiger charge is -2.27. The molecule has 0 radical (unpaired) electrons. The van der Waals surface area contributed by atoms with Crippen molar-refractivity contribution < 1.29 is 9.15 Å². The standard InChI is InChI=1S/C25H27N3O2/c1-2-29-20-14-9-8-13-19(20)24-26-22-18-12-6-3-4-7-15-21(18)30-23(22)25(27-24)28-16-10-5-11-17-28/h3-4,6,8-9,12-14H,2,5,7,10-11,15-17H2,1H3. The van der Waals surface area contributed by atoms with Crippen LogP contribution in [0, 0.1) is 0 Å². The zero-order valence-corrected chi connectivity index (χ0v) is 17.4. The zero-order valence-electron chi connectivity index (χ0n) is 17.4. The molecule has 1 aliphatic carbocycles. The van der Waals surface area contributed by atoms with Gasteiger partial charge >= 0.3 is 0 Å². The molecule has 3 heterocycles. The summed E-state index contributed by atoms with van der Waals surface area (Å²) in [4.78, 5) is 12.4. The maximum absolute atomic E-state index is 6.40. The summed E-state index contributed by atoms with van der Waals surface area (Å²) in [5.74, 6) is 3.41. The van der Waals surface area contributed by atoms with Crippen LogP contribution in [0.25, 0.3) is 28.6 Å². The Morgan fingerprint density at radius 3 is 2.80 bits per heavy atom. The van der Waals surface area contributed by atoms with E-state index in [4.69, 9.17) is 19.1 Å². The van der Waals surface area contributed by atoms with E-state index in [1.807, 2.05) is 31.2 Å².